The molecular formula is C15H22N2O4. The van der Waals surface area contributed by atoms with Crippen LogP contribution in [-0.4, -0.2) is 47.3 Å². The summed E-state index contributed by atoms with van der Waals surface area (Å²) in [7, 11) is 1.33. The number of amides is 1. The summed E-state index contributed by atoms with van der Waals surface area (Å²) in [6.45, 7) is 4.10. The van der Waals surface area contributed by atoms with Gasteiger partial charge in [0.05, 0.1) is 7.11 Å². The summed E-state index contributed by atoms with van der Waals surface area (Å²) in [6.07, 6.45) is 2.78. The van der Waals surface area contributed by atoms with Crippen LogP contribution in [0.5, 0.6) is 17.2 Å². The van der Waals surface area contributed by atoms with Crippen molar-refractivity contribution in [2.24, 2.45) is 5.73 Å². The third kappa shape index (κ3) is 2.90. The Morgan fingerprint density at radius 1 is 1.52 bits per heavy atom. The quantitative estimate of drug-likeness (QED) is 0.710. The van der Waals surface area contributed by atoms with Crippen molar-refractivity contribution in [1.29, 1.82) is 0 Å². The van der Waals surface area contributed by atoms with E-state index in [-0.39, 0.29) is 22.8 Å². The molecule has 1 aliphatic heterocycles. The van der Waals surface area contributed by atoms with Gasteiger partial charge >= 0.3 is 0 Å². The van der Waals surface area contributed by atoms with Gasteiger partial charge in [-0.3, -0.25) is 4.79 Å². The number of benzene rings is 1. The molecular weight excluding hydrogens is 272 g/mol. The Labute approximate surface area is 124 Å². The molecule has 1 aromatic carbocycles. The third-order valence-electron chi connectivity index (χ3n) is 4.12. The van der Waals surface area contributed by atoms with Crippen LogP contribution in [0.1, 0.15) is 35.7 Å². The number of nitrogens with zero attached hydrogens (tertiary/aromatic N) is 1. The molecule has 1 fully saturated rings. The predicted molar refractivity (Wildman–Crippen MR) is 78.8 cm³/mol. The van der Waals surface area contributed by atoms with Crippen molar-refractivity contribution in [1.82, 2.24) is 4.90 Å². The van der Waals surface area contributed by atoms with Gasteiger partial charge in [0.1, 0.15) is 11.3 Å². The highest BCUT2D eigenvalue weighted by molar-refractivity contribution is 5.99. The van der Waals surface area contributed by atoms with Crippen LogP contribution >= 0.6 is 0 Å². The SMILES string of the molecule is CCN1CCC[C@H]1Cc1cc(O)c(C(N)=O)c(OC)c1O. The van der Waals surface area contributed by atoms with Crippen LogP contribution in [0.15, 0.2) is 6.07 Å². The van der Waals surface area contributed by atoms with Crippen molar-refractivity contribution in [2.45, 2.75) is 32.2 Å². The van der Waals surface area contributed by atoms with E-state index in [1.54, 1.807) is 0 Å². The molecule has 6 nitrogen and oxygen atoms in total. The average molecular weight is 294 g/mol. The summed E-state index contributed by atoms with van der Waals surface area (Å²) >= 11 is 0. The lowest BCUT2D eigenvalue weighted by Gasteiger charge is -2.23. The molecule has 1 amide bonds. The van der Waals surface area contributed by atoms with Crippen molar-refractivity contribution in [2.75, 3.05) is 20.2 Å². The van der Waals surface area contributed by atoms with E-state index in [1.165, 1.54) is 13.2 Å². The van der Waals surface area contributed by atoms with Crippen molar-refractivity contribution < 1.29 is 19.7 Å². The molecule has 0 aliphatic carbocycles. The van der Waals surface area contributed by atoms with Gasteiger partial charge in [0.2, 0.25) is 0 Å². The van der Waals surface area contributed by atoms with Crippen LogP contribution in [0, 0.1) is 0 Å². The molecule has 0 saturated carbocycles. The Hall–Kier alpha value is -1.95. The summed E-state index contributed by atoms with van der Waals surface area (Å²) in [6, 6.07) is 1.73. The molecule has 1 saturated heterocycles. The number of methoxy groups -OCH3 is 1. The summed E-state index contributed by atoms with van der Waals surface area (Å²) in [5.74, 6) is -1.26. The molecule has 116 valence electrons. The number of likely N-dealkylation sites (N-methyl/N-ethyl adjacent to an activating group) is 1. The second-order valence-electron chi connectivity index (χ2n) is 5.30. The zero-order chi connectivity index (χ0) is 15.6. The number of phenolic OH excluding ortho intramolecular Hbond substituents is 1. The first-order valence-electron chi connectivity index (χ1n) is 7.15. The first-order valence-corrected chi connectivity index (χ1v) is 7.15. The highest BCUT2D eigenvalue weighted by Crippen LogP contribution is 2.40. The van der Waals surface area contributed by atoms with Gasteiger partial charge in [-0.05, 0) is 38.4 Å². The van der Waals surface area contributed by atoms with Crippen LogP contribution in [0.3, 0.4) is 0 Å². The fraction of sp³-hybridized carbons (Fsp3) is 0.533. The molecule has 4 N–H and O–H groups in total. The van der Waals surface area contributed by atoms with E-state index in [2.05, 4.69) is 11.8 Å². The lowest BCUT2D eigenvalue weighted by Crippen LogP contribution is -2.30. The van der Waals surface area contributed by atoms with E-state index >= 15 is 0 Å². The lowest BCUT2D eigenvalue weighted by molar-refractivity contribution is 0.0994. The summed E-state index contributed by atoms with van der Waals surface area (Å²) in [4.78, 5) is 13.7. The standard InChI is InChI=1S/C15H22N2O4/c1-3-17-6-4-5-10(17)7-9-8-11(18)12(15(16)20)14(21-2)13(9)19/h8,10,18-19H,3-7H2,1-2H3,(H2,16,20)/t10-/m0/s1. The second kappa shape index (κ2) is 6.22. The van der Waals surface area contributed by atoms with E-state index in [9.17, 15) is 15.0 Å². The smallest absolute Gasteiger partial charge is 0.256 e. The van der Waals surface area contributed by atoms with Crippen LogP contribution < -0.4 is 10.5 Å². The number of rotatable bonds is 5. The van der Waals surface area contributed by atoms with E-state index < -0.39 is 5.91 Å². The van der Waals surface area contributed by atoms with Crippen molar-refractivity contribution in [3.05, 3.63) is 17.2 Å². The molecule has 0 spiro atoms. The number of phenols is 2. The zero-order valence-electron chi connectivity index (χ0n) is 12.4. The average Bonchev–Trinajstić information content (AvgIpc) is 2.88. The van der Waals surface area contributed by atoms with Gasteiger partial charge in [0, 0.05) is 11.6 Å². The van der Waals surface area contributed by atoms with Crippen LogP contribution in [-0.2, 0) is 6.42 Å². The van der Waals surface area contributed by atoms with Crippen LogP contribution in [0.25, 0.3) is 0 Å². The maximum absolute atomic E-state index is 11.4. The molecule has 0 aromatic heterocycles. The number of likely N-dealkylation sites (tertiary alicyclic amines) is 1. The summed E-state index contributed by atoms with van der Waals surface area (Å²) < 4.78 is 5.05. The number of ether oxygens (including phenoxy) is 1. The Morgan fingerprint density at radius 3 is 2.81 bits per heavy atom. The molecule has 21 heavy (non-hydrogen) atoms. The van der Waals surface area contributed by atoms with Crippen molar-refractivity contribution in [3.8, 4) is 17.2 Å². The van der Waals surface area contributed by atoms with Gasteiger partial charge in [-0.25, -0.2) is 0 Å². The highest BCUT2D eigenvalue weighted by Gasteiger charge is 2.27. The normalized spacial score (nSPS) is 18.9. The Kier molecular flexibility index (Phi) is 4.57. The zero-order valence-corrected chi connectivity index (χ0v) is 12.4. The van der Waals surface area contributed by atoms with Crippen molar-refractivity contribution in [3.63, 3.8) is 0 Å². The number of carbonyl (C=O) groups is 1. The fourth-order valence-electron chi connectivity index (χ4n) is 3.08. The second-order valence-corrected chi connectivity index (χ2v) is 5.30. The van der Waals surface area contributed by atoms with E-state index in [4.69, 9.17) is 10.5 Å². The first kappa shape index (κ1) is 15.4. The fourth-order valence-corrected chi connectivity index (χ4v) is 3.08. The Morgan fingerprint density at radius 2 is 2.24 bits per heavy atom. The van der Waals surface area contributed by atoms with Gasteiger partial charge < -0.3 is 25.6 Å². The van der Waals surface area contributed by atoms with Gasteiger partial charge in [-0.1, -0.05) is 6.92 Å². The summed E-state index contributed by atoms with van der Waals surface area (Å²) in [5.41, 5.74) is 5.61. The predicted octanol–water partition coefficient (Wildman–Crippen LogP) is 1.23. The maximum Gasteiger partial charge on any atom is 0.256 e. The molecule has 1 aliphatic rings. The maximum atomic E-state index is 11.4. The molecule has 0 radical (unpaired) electrons. The molecule has 1 atom stereocenters. The molecule has 0 bridgehead atoms. The molecule has 2 rings (SSSR count). The van der Waals surface area contributed by atoms with E-state index in [0.29, 0.717) is 18.0 Å². The third-order valence-corrected chi connectivity index (χ3v) is 4.12. The topological polar surface area (TPSA) is 96.0 Å². The number of primary amides is 1. The Balaban J connectivity index is 2.37. The van der Waals surface area contributed by atoms with Gasteiger partial charge in [-0.2, -0.15) is 0 Å². The van der Waals surface area contributed by atoms with Crippen LogP contribution in [0.4, 0.5) is 0 Å². The molecule has 6 heteroatoms. The minimum atomic E-state index is -0.831. The number of nitrogens with two attached hydrogens (primary N) is 1. The number of carbonyl (C=O) groups excluding carboxylic acids is 1. The van der Waals surface area contributed by atoms with Gasteiger partial charge in [0.15, 0.2) is 11.5 Å². The van der Waals surface area contributed by atoms with Crippen LogP contribution in [0.2, 0.25) is 0 Å². The largest absolute Gasteiger partial charge is 0.507 e. The molecule has 1 heterocycles. The first-order chi connectivity index (χ1) is 9.99. The number of hydrogen-bond acceptors (Lipinski definition) is 5. The van der Waals surface area contributed by atoms with Crippen molar-refractivity contribution >= 4 is 5.91 Å². The number of aromatic hydroxyl groups is 2. The monoisotopic (exact) mass is 294 g/mol. The van der Waals surface area contributed by atoms with Gasteiger partial charge in [0.25, 0.3) is 5.91 Å². The minimum Gasteiger partial charge on any atom is -0.507 e. The lowest BCUT2D eigenvalue weighted by atomic mass is 9.99. The Bertz CT molecular complexity index is 545. The molecule has 0 unspecified atom stereocenters. The van der Waals surface area contributed by atoms with E-state index in [1.807, 2.05) is 0 Å². The highest BCUT2D eigenvalue weighted by atomic mass is 16.5. The minimum absolute atomic E-state index is 0.0569. The number of hydrogen-bond donors (Lipinski definition) is 3. The van der Waals surface area contributed by atoms with E-state index in [0.717, 1.165) is 25.9 Å². The van der Waals surface area contributed by atoms with Gasteiger partial charge in [-0.15, -0.1) is 0 Å². The summed E-state index contributed by atoms with van der Waals surface area (Å²) in [5, 5.41) is 20.3. The molecule has 1 aromatic rings.